The molecule has 1 aliphatic rings. The molecule has 21 heavy (non-hydrogen) atoms. The van der Waals surface area contributed by atoms with E-state index in [-0.39, 0.29) is 24.7 Å². The van der Waals surface area contributed by atoms with Crippen LogP contribution in [0.2, 0.25) is 0 Å². The highest BCUT2D eigenvalue weighted by atomic mass is 32.1. The Morgan fingerprint density at radius 3 is 2.81 bits per heavy atom. The molecule has 1 aromatic carbocycles. The van der Waals surface area contributed by atoms with E-state index in [2.05, 4.69) is 5.32 Å². The van der Waals surface area contributed by atoms with Crippen LogP contribution in [-0.2, 0) is 9.53 Å². The molecule has 114 valence electrons. The first-order chi connectivity index (χ1) is 10.0. The van der Waals surface area contributed by atoms with Crippen LogP contribution in [-0.4, -0.2) is 36.3 Å². The van der Waals surface area contributed by atoms with Gasteiger partial charge in [-0.1, -0.05) is 12.2 Å². The van der Waals surface area contributed by atoms with Crippen molar-refractivity contribution in [2.75, 3.05) is 13.2 Å². The number of amides is 1. The first kappa shape index (κ1) is 15.7. The molecule has 0 aromatic heterocycles. The third-order valence-electron chi connectivity index (χ3n) is 3.36. The van der Waals surface area contributed by atoms with Crippen LogP contribution in [0.5, 0.6) is 5.75 Å². The molecule has 1 aromatic rings. The monoisotopic (exact) mass is 308 g/mol. The lowest BCUT2D eigenvalue weighted by atomic mass is 10.0. The van der Waals surface area contributed by atoms with Gasteiger partial charge in [0.1, 0.15) is 10.7 Å². The molecule has 0 saturated carbocycles. The maximum Gasteiger partial charge on any atom is 0.258 e. The van der Waals surface area contributed by atoms with Gasteiger partial charge < -0.3 is 20.5 Å². The van der Waals surface area contributed by atoms with Gasteiger partial charge in [-0.2, -0.15) is 0 Å². The minimum Gasteiger partial charge on any atom is -0.484 e. The zero-order valence-corrected chi connectivity index (χ0v) is 12.8. The molecule has 3 N–H and O–H groups in total. The molecule has 1 heterocycles. The number of benzene rings is 1. The molecule has 6 heteroatoms. The normalized spacial score (nSPS) is 21.6. The van der Waals surface area contributed by atoms with Gasteiger partial charge in [0, 0.05) is 18.2 Å². The summed E-state index contributed by atoms with van der Waals surface area (Å²) in [4.78, 5) is 12.2. The Bertz CT molecular complexity index is 504. The number of hydrogen-bond acceptors (Lipinski definition) is 4. The summed E-state index contributed by atoms with van der Waals surface area (Å²) in [7, 11) is 0. The second-order valence-electron chi connectivity index (χ2n) is 5.15. The lowest BCUT2D eigenvalue weighted by Crippen LogP contribution is -2.43. The molecule has 2 unspecified atom stereocenters. The molecule has 0 radical (unpaired) electrons. The van der Waals surface area contributed by atoms with Crippen LogP contribution >= 0.6 is 12.2 Å². The smallest absolute Gasteiger partial charge is 0.258 e. The van der Waals surface area contributed by atoms with Crippen molar-refractivity contribution in [1.82, 2.24) is 5.32 Å². The van der Waals surface area contributed by atoms with Crippen LogP contribution in [0.4, 0.5) is 0 Å². The van der Waals surface area contributed by atoms with Crippen LogP contribution in [0.3, 0.4) is 0 Å². The third-order valence-corrected chi connectivity index (χ3v) is 3.59. The Morgan fingerprint density at radius 1 is 1.48 bits per heavy atom. The molecular formula is C15H20N2O3S. The van der Waals surface area contributed by atoms with E-state index in [4.69, 9.17) is 27.4 Å². The lowest BCUT2D eigenvalue weighted by Gasteiger charge is -2.27. The van der Waals surface area contributed by atoms with Gasteiger partial charge in [0.05, 0.1) is 6.10 Å². The predicted molar refractivity (Wildman–Crippen MR) is 84.4 cm³/mol. The largest absolute Gasteiger partial charge is 0.484 e. The second kappa shape index (κ2) is 7.38. The molecule has 1 aliphatic heterocycles. The fraction of sp³-hybridized carbons (Fsp3) is 0.467. The minimum absolute atomic E-state index is 0.00183. The van der Waals surface area contributed by atoms with Crippen molar-refractivity contribution in [3.63, 3.8) is 0 Å². The van der Waals surface area contributed by atoms with E-state index < -0.39 is 0 Å². The highest BCUT2D eigenvalue weighted by Crippen LogP contribution is 2.14. The SMILES string of the molecule is CC1CC(NC(=O)COc2ccc(C(N)=S)cc2)CCO1. The molecule has 1 fully saturated rings. The predicted octanol–water partition coefficient (Wildman–Crippen LogP) is 1.38. The molecule has 1 saturated heterocycles. The van der Waals surface area contributed by atoms with Gasteiger partial charge in [0.2, 0.25) is 0 Å². The topological polar surface area (TPSA) is 73.6 Å². The first-order valence-electron chi connectivity index (χ1n) is 6.98. The van der Waals surface area contributed by atoms with Gasteiger partial charge in [-0.05, 0) is 44.0 Å². The number of hydrogen-bond donors (Lipinski definition) is 2. The Morgan fingerprint density at radius 2 is 2.19 bits per heavy atom. The number of carbonyl (C=O) groups is 1. The average molecular weight is 308 g/mol. The van der Waals surface area contributed by atoms with Crippen molar-refractivity contribution in [3.8, 4) is 5.75 Å². The van der Waals surface area contributed by atoms with Gasteiger partial charge in [-0.25, -0.2) is 0 Å². The Hall–Kier alpha value is -1.66. The van der Waals surface area contributed by atoms with Crippen LogP contribution < -0.4 is 15.8 Å². The molecule has 0 bridgehead atoms. The quantitative estimate of drug-likeness (QED) is 0.804. The minimum atomic E-state index is -0.118. The maximum atomic E-state index is 11.8. The molecule has 5 nitrogen and oxygen atoms in total. The van der Waals surface area contributed by atoms with Crippen LogP contribution in [0.15, 0.2) is 24.3 Å². The molecule has 0 aliphatic carbocycles. The van der Waals surface area contributed by atoms with Crippen molar-refractivity contribution in [2.45, 2.75) is 31.9 Å². The number of nitrogens with two attached hydrogens (primary N) is 1. The van der Waals surface area contributed by atoms with E-state index in [1.165, 1.54) is 0 Å². The molecule has 2 rings (SSSR count). The molecule has 1 amide bonds. The highest BCUT2D eigenvalue weighted by molar-refractivity contribution is 7.80. The van der Waals surface area contributed by atoms with Crippen molar-refractivity contribution < 1.29 is 14.3 Å². The third kappa shape index (κ3) is 4.99. The maximum absolute atomic E-state index is 11.8. The van der Waals surface area contributed by atoms with E-state index in [0.29, 0.717) is 17.3 Å². The van der Waals surface area contributed by atoms with E-state index in [1.807, 2.05) is 6.92 Å². The van der Waals surface area contributed by atoms with E-state index >= 15 is 0 Å². The summed E-state index contributed by atoms with van der Waals surface area (Å²) < 4.78 is 10.9. The van der Waals surface area contributed by atoms with Crippen molar-refractivity contribution in [1.29, 1.82) is 0 Å². The zero-order valence-electron chi connectivity index (χ0n) is 12.0. The fourth-order valence-corrected chi connectivity index (χ4v) is 2.40. The lowest BCUT2D eigenvalue weighted by molar-refractivity contribution is -0.124. The summed E-state index contributed by atoms with van der Waals surface area (Å²) in [6, 6.07) is 7.21. The standard InChI is InChI=1S/C15H20N2O3S/c1-10-8-12(6-7-19-10)17-14(18)9-20-13-4-2-11(3-5-13)15(16)21/h2-5,10,12H,6-9H2,1H3,(H2,16,21)(H,17,18). The second-order valence-corrected chi connectivity index (χ2v) is 5.59. The summed E-state index contributed by atoms with van der Waals surface area (Å²) in [6.45, 7) is 2.70. The van der Waals surface area contributed by atoms with Crippen molar-refractivity contribution in [2.24, 2.45) is 5.73 Å². The summed E-state index contributed by atoms with van der Waals surface area (Å²) in [5.41, 5.74) is 6.29. The Labute approximate surface area is 129 Å². The Balaban J connectivity index is 1.76. The van der Waals surface area contributed by atoms with Gasteiger partial charge in [-0.15, -0.1) is 0 Å². The number of ether oxygens (including phenoxy) is 2. The summed E-state index contributed by atoms with van der Waals surface area (Å²) in [5.74, 6) is 0.498. The van der Waals surface area contributed by atoms with Gasteiger partial charge in [0.25, 0.3) is 5.91 Å². The molecular weight excluding hydrogens is 288 g/mol. The number of rotatable bonds is 5. The van der Waals surface area contributed by atoms with Crippen molar-refractivity contribution in [3.05, 3.63) is 29.8 Å². The Kier molecular flexibility index (Phi) is 5.52. The van der Waals surface area contributed by atoms with E-state index in [1.54, 1.807) is 24.3 Å². The first-order valence-corrected chi connectivity index (χ1v) is 7.39. The van der Waals surface area contributed by atoms with Crippen LogP contribution in [0.1, 0.15) is 25.3 Å². The van der Waals surface area contributed by atoms with Gasteiger partial charge in [-0.3, -0.25) is 4.79 Å². The van der Waals surface area contributed by atoms with E-state index in [0.717, 1.165) is 18.4 Å². The number of nitrogens with one attached hydrogen (secondary N) is 1. The molecule has 2 atom stereocenters. The van der Waals surface area contributed by atoms with E-state index in [9.17, 15) is 4.79 Å². The highest BCUT2D eigenvalue weighted by Gasteiger charge is 2.20. The van der Waals surface area contributed by atoms with Crippen LogP contribution in [0.25, 0.3) is 0 Å². The van der Waals surface area contributed by atoms with Crippen LogP contribution in [0, 0.1) is 0 Å². The summed E-state index contributed by atoms with van der Waals surface area (Å²) in [6.07, 6.45) is 1.88. The summed E-state index contributed by atoms with van der Waals surface area (Å²) >= 11 is 4.87. The summed E-state index contributed by atoms with van der Waals surface area (Å²) in [5, 5.41) is 2.96. The van der Waals surface area contributed by atoms with Crippen molar-refractivity contribution >= 4 is 23.1 Å². The average Bonchev–Trinajstić information content (AvgIpc) is 2.45. The molecule has 0 spiro atoms. The van der Waals surface area contributed by atoms with Gasteiger partial charge >= 0.3 is 0 Å². The fourth-order valence-electron chi connectivity index (χ4n) is 2.26. The number of thiocarbonyl (C=S) groups is 1. The number of carbonyl (C=O) groups excluding carboxylic acids is 1. The van der Waals surface area contributed by atoms with Gasteiger partial charge in [0.15, 0.2) is 6.61 Å². The zero-order chi connectivity index (χ0) is 15.2.